The highest BCUT2D eigenvalue weighted by Crippen LogP contribution is 2.13. The summed E-state index contributed by atoms with van der Waals surface area (Å²) in [5.41, 5.74) is 1.12. The van der Waals surface area contributed by atoms with E-state index in [1.807, 2.05) is 10.9 Å². The van der Waals surface area contributed by atoms with Gasteiger partial charge in [-0.3, -0.25) is 14.8 Å². The summed E-state index contributed by atoms with van der Waals surface area (Å²) in [5, 5.41) is 14.7. The number of nitrogens with zero attached hydrogens (tertiary/aromatic N) is 3. The predicted molar refractivity (Wildman–Crippen MR) is 74.8 cm³/mol. The number of non-ortho nitro benzene ring substituents is 1. The summed E-state index contributed by atoms with van der Waals surface area (Å²) < 4.78 is 7.45. The van der Waals surface area contributed by atoms with Crippen molar-refractivity contribution in [3.63, 3.8) is 0 Å². The van der Waals surface area contributed by atoms with E-state index >= 15 is 0 Å². The Morgan fingerprint density at radius 1 is 1.35 bits per heavy atom. The average molecular weight is 275 g/mol. The van der Waals surface area contributed by atoms with Gasteiger partial charge in [0, 0.05) is 25.1 Å². The largest absolute Gasteiger partial charge is 0.490 e. The highest BCUT2D eigenvalue weighted by atomic mass is 16.6. The lowest BCUT2D eigenvalue weighted by Crippen LogP contribution is -2.01. The molecule has 0 aliphatic rings. The first kappa shape index (κ1) is 14.0. The van der Waals surface area contributed by atoms with E-state index in [0.29, 0.717) is 13.0 Å². The molecule has 0 saturated carbocycles. The third kappa shape index (κ3) is 3.81. The average Bonchev–Trinajstić information content (AvgIpc) is 2.87. The lowest BCUT2D eigenvalue weighted by molar-refractivity contribution is -0.384. The quantitative estimate of drug-likeness (QED) is 0.575. The van der Waals surface area contributed by atoms with Crippen molar-refractivity contribution >= 4 is 5.69 Å². The molecule has 20 heavy (non-hydrogen) atoms. The van der Waals surface area contributed by atoms with Crippen LogP contribution in [0.4, 0.5) is 5.69 Å². The molecule has 2 aromatic rings. The standard InChI is InChI=1S/C14H17N3O3/c1-2-8-16-11-14(10-15-16)20-9-7-12-3-5-13(6-4-12)17(18)19/h3-6,10-11H,2,7-9H2,1H3. The Labute approximate surface area is 117 Å². The zero-order valence-corrected chi connectivity index (χ0v) is 11.4. The molecule has 106 valence electrons. The first-order chi connectivity index (χ1) is 9.69. The Morgan fingerprint density at radius 3 is 2.75 bits per heavy atom. The summed E-state index contributed by atoms with van der Waals surface area (Å²) in [6, 6.07) is 6.52. The molecular weight excluding hydrogens is 258 g/mol. The topological polar surface area (TPSA) is 70.2 Å². The van der Waals surface area contributed by atoms with Gasteiger partial charge in [0.25, 0.3) is 5.69 Å². The number of aryl methyl sites for hydroxylation is 1. The van der Waals surface area contributed by atoms with E-state index in [-0.39, 0.29) is 5.69 Å². The van der Waals surface area contributed by atoms with Gasteiger partial charge < -0.3 is 4.74 Å². The molecule has 0 N–H and O–H groups in total. The van der Waals surface area contributed by atoms with Gasteiger partial charge in [0.1, 0.15) is 0 Å². The van der Waals surface area contributed by atoms with Crippen LogP contribution >= 0.6 is 0 Å². The maximum atomic E-state index is 10.5. The Kier molecular flexibility index (Phi) is 4.70. The van der Waals surface area contributed by atoms with E-state index in [1.54, 1.807) is 18.3 Å². The van der Waals surface area contributed by atoms with E-state index in [2.05, 4.69) is 12.0 Å². The number of nitro benzene ring substituents is 1. The Bertz CT molecular complexity index is 563. The molecular formula is C14H17N3O3. The summed E-state index contributed by atoms with van der Waals surface area (Å²) in [5.74, 6) is 0.750. The fraction of sp³-hybridized carbons (Fsp3) is 0.357. The Balaban J connectivity index is 1.81. The van der Waals surface area contributed by atoms with Crippen LogP contribution in [0.25, 0.3) is 0 Å². The summed E-state index contributed by atoms with van der Waals surface area (Å²) in [4.78, 5) is 10.1. The zero-order valence-electron chi connectivity index (χ0n) is 11.4. The smallest absolute Gasteiger partial charge is 0.269 e. The van der Waals surface area contributed by atoms with Crippen molar-refractivity contribution in [3.05, 3.63) is 52.3 Å². The number of hydrogen-bond donors (Lipinski definition) is 0. The molecule has 0 atom stereocenters. The summed E-state index contributed by atoms with van der Waals surface area (Å²) in [7, 11) is 0. The summed E-state index contributed by atoms with van der Waals surface area (Å²) >= 11 is 0. The molecule has 0 fully saturated rings. The highest BCUT2D eigenvalue weighted by molar-refractivity contribution is 5.32. The lowest BCUT2D eigenvalue weighted by atomic mass is 10.1. The maximum absolute atomic E-state index is 10.5. The SMILES string of the molecule is CCCn1cc(OCCc2ccc([N+](=O)[O-])cc2)cn1. The van der Waals surface area contributed by atoms with Crippen LogP contribution in [0.15, 0.2) is 36.7 Å². The number of benzene rings is 1. The van der Waals surface area contributed by atoms with E-state index in [9.17, 15) is 10.1 Å². The minimum atomic E-state index is -0.400. The molecule has 6 heteroatoms. The molecule has 6 nitrogen and oxygen atoms in total. The van der Waals surface area contributed by atoms with Crippen molar-refractivity contribution in [2.45, 2.75) is 26.3 Å². The van der Waals surface area contributed by atoms with E-state index in [0.717, 1.165) is 24.3 Å². The van der Waals surface area contributed by atoms with Gasteiger partial charge >= 0.3 is 0 Å². The normalized spacial score (nSPS) is 10.4. The molecule has 1 aromatic carbocycles. The number of rotatable bonds is 7. The van der Waals surface area contributed by atoms with Gasteiger partial charge in [-0.15, -0.1) is 0 Å². The molecule has 1 heterocycles. The molecule has 2 rings (SSSR count). The van der Waals surface area contributed by atoms with Crippen LogP contribution in [-0.2, 0) is 13.0 Å². The van der Waals surface area contributed by atoms with Crippen molar-refractivity contribution < 1.29 is 9.66 Å². The minimum absolute atomic E-state index is 0.107. The van der Waals surface area contributed by atoms with E-state index in [1.165, 1.54) is 12.1 Å². The van der Waals surface area contributed by atoms with Gasteiger partial charge in [0.2, 0.25) is 0 Å². The van der Waals surface area contributed by atoms with Crippen LogP contribution in [0, 0.1) is 10.1 Å². The third-order valence-electron chi connectivity index (χ3n) is 2.87. The highest BCUT2D eigenvalue weighted by Gasteiger charge is 2.04. The molecule has 0 bridgehead atoms. The van der Waals surface area contributed by atoms with Crippen LogP contribution < -0.4 is 4.74 Å². The van der Waals surface area contributed by atoms with Crippen molar-refractivity contribution in [1.29, 1.82) is 0 Å². The van der Waals surface area contributed by atoms with Crippen LogP contribution in [-0.4, -0.2) is 21.3 Å². The van der Waals surface area contributed by atoms with Crippen LogP contribution in [0.3, 0.4) is 0 Å². The second kappa shape index (κ2) is 6.70. The molecule has 0 amide bonds. The van der Waals surface area contributed by atoms with Gasteiger partial charge in [0.15, 0.2) is 5.75 Å². The van der Waals surface area contributed by atoms with Crippen LogP contribution in [0.1, 0.15) is 18.9 Å². The summed E-state index contributed by atoms with van der Waals surface area (Å²) in [6.07, 6.45) is 5.31. The van der Waals surface area contributed by atoms with E-state index in [4.69, 9.17) is 4.74 Å². The molecule has 0 spiro atoms. The minimum Gasteiger partial charge on any atom is -0.490 e. The van der Waals surface area contributed by atoms with Crippen molar-refractivity contribution in [2.75, 3.05) is 6.61 Å². The number of aromatic nitrogens is 2. The number of nitro groups is 1. The van der Waals surface area contributed by atoms with E-state index < -0.39 is 4.92 Å². The first-order valence-corrected chi connectivity index (χ1v) is 6.57. The lowest BCUT2D eigenvalue weighted by Gasteiger charge is -2.03. The van der Waals surface area contributed by atoms with Gasteiger partial charge in [-0.1, -0.05) is 19.1 Å². The summed E-state index contributed by atoms with van der Waals surface area (Å²) in [6.45, 7) is 3.50. The first-order valence-electron chi connectivity index (χ1n) is 6.57. The molecule has 0 saturated heterocycles. The van der Waals surface area contributed by atoms with Crippen molar-refractivity contribution in [2.24, 2.45) is 0 Å². The van der Waals surface area contributed by atoms with Crippen LogP contribution in [0.5, 0.6) is 5.75 Å². The number of hydrogen-bond acceptors (Lipinski definition) is 4. The number of ether oxygens (including phenoxy) is 1. The fourth-order valence-corrected chi connectivity index (χ4v) is 1.84. The van der Waals surface area contributed by atoms with Crippen LogP contribution in [0.2, 0.25) is 0 Å². The predicted octanol–water partition coefficient (Wildman–Crippen LogP) is 2.82. The maximum Gasteiger partial charge on any atom is 0.269 e. The second-order valence-corrected chi connectivity index (χ2v) is 4.46. The van der Waals surface area contributed by atoms with Gasteiger partial charge in [-0.2, -0.15) is 5.10 Å². The van der Waals surface area contributed by atoms with Crippen molar-refractivity contribution in [1.82, 2.24) is 9.78 Å². The molecule has 0 radical (unpaired) electrons. The Morgan fingerprint density at radius 2 is 2.10 bits per heavy atom. The monoisotopic (exact) mass is 275 g/mol. The molecule has 1 aromatic heterocycles. The third-order valence-corrected chi connectivity index (χ3v) is 2.87. The van der Waals surface area contributed by atoms with Gasteiger partial charge in [0.05, 0.1) is 23.9 Å². The Hall–Kier alpha value is -2.37. The van der Waals surface area contributed by atoms with Crippen molar-refractivity contribution in [3.8, 4) is 5.75 Å². The van der Waals surface area contributed by atoms with Gasteiger partial charge in [-0.25, -0.2) is 0 Å². The molecule has 0 unspecified atom stereocenters. The zero-order chi connectivity index (χ0) is 14.4. The fourth-order valence-electron chi connectivity index (χ4n) is 1.84. The molecule has 0 aliphatic carbocycles. The molecule has 0 aliphatic heterocycles. The van der Waals surface area contributed by atoms with Gasteiger partial charge in [-0.05, 0) is 12.0 Å². The second-order valence-electron chi connectivity index (χ2n) is 4.46.